The summed E-state index contributed by atoms with van der Waals surface area (Å²) in [6.07, 6.45) is 7.87. The summed E-state index contributed by atoms with van der Waals surface area (Å²) in [5, 5.41) is -0.0417. The first-order valence-corrected chi connectivity index (χ1v) is 13.1. The van der Waals surface area contributed by atoms with Crippen molar-refractivity contribution in [3.8, 4) is 0 Å². The van der Waals surface area contributed by atoms with E-state index in [2.05, 4.69) is 49.9 Å². The summed E-state index contributed by atoms with van der Waals surface area (Å²) in [5.74, 6) is 0.417. The molecule has 1 aromatic carbocycles. The molecule has 0 radical (unpaired) electrons. The maximum atomic E-state index is 13.2. The van der Waals surface area contributed by atoms with Crippen molar-refractivity contribution in [2.24, 2.45) is 0 Å². The molecule has 168 valence electrons. The van der Waals surface area contributed by atoms with Crippen LogP contribution in [0, 0.1) is 0 Å². The van der Waals surface area contributed by atoms with Gasteiger partial charge in [-0.25, -0.2) is 0 Å². The van der Waals surface area contributed by atoms with Crippen LogP contribution in [0.5, 0.6) is 0 Å². The average molecular weight is 434 g/mol. The van der Waals surface area contributed by atoms with E-state index in [4.69, 9.17) is 4.74 Å². The number of carbonyl (C=O) groups excluding carboxylic acids is 1. The van der Waals surface area contributed by atoms with Gasteiger partial charge in [-0.3, -0.25) is 9.00 Å². The molecule has 3 rings (SSSR count). The van der Waals surface area contributed by atoms with Gasteiger partial charge < -0.3 is 9.64 Å². The lowest BCUT2D eigenvalue weighted by molar-refractivity contribution is -0.150. The summed E-state index contributed by atoms with van der Waals surface area (Å²) in [6, 6.07) is 8.49. The van der Waals surface area contributed by atoms with Gasteiger partial charge in [-0.15, -0.1) is 0 Å². The Morgan fingerprint density at radius 3 is 2.37 bits per heavy atom. The van der Waals surface area contributed by atoms with Gasteiger partial charge in [-0.2, -0.15) is 0 Å². The first-order valence-electron chi connectivity index (χ1n) is 11.7. The SMILES string of the molecule is CC(C)(C)c1ccc(C[S@@](=O)[C@H]2CCCC[C@@H]2OC(=O)CCN2CCCCC2)cc1. The number of nitrogens with zero attached hydrogens (tertiary/aromatic N) is 1. The van der Waals surface area contributed by atoms with E-state index in [1.807, 2.05) is 0 Å². The summed E-state index contributed by atoms with van der Waals surface area (Å²) in [4.78, 5) is 14.8. The highest BCUT2D eigenvalue weighted by atomic mass is 32.2. The van der Waals surface area contributed by atoms with Crippen LogP contribution in [0.25, 0.3) is 0 Å². The molecule has 0 aromatic heterocycles. The molecule has 1 aromatic rings. The standard InChI is InChI=1S/C25H39NO3S/c1-25(2,3)21-13-11-20(12-14-21)19-30(28)23-10-6-5-9-22(23)29-24(27)15-18-26-16-7-4-8-17-26/h11-14,22-23H,4-10,15-19H2,1-3H3/t22-,23-,30+/m0/s1. The number of hydrogen-bond acceptors (Lipinski definition) is 4. The Bertz CT molecular complexity index is 704. The minimum Gasteiger partial charge on any atom is -0.461 e. The van der Waals surface area contributed by atoms with Gasteiger partial charge in [-0.05, 0) is 61.7 Å². The number of hydrogen-bond donors (Lipinski definition) is 0. The van der Waals surface area contributed by atoms with Gasteiger partial charge in [0.1, 0.15) is 6.10 Å². The van der Waals surface area contributed by atoms with Crippen molar-refractivity contribution >= 4 is 16.8 Å². The third-order valence-electron chi connectivity index (χ3n) is 6.47. The Kier molecular flexibility index (Phi) is 8.52. The molecule has 4 nitrogen and oxygen atoms in total. The Balaban J connectivity index is 1.52. The van der Waals surface area contributed by atoms with E-state index in [1.54, 1.807) is 0 Å². The number of carbonyl (C=O) groups is 1. The van der Waals surface area contributed by atoms with Gasteiger partial charge in [0.05, 0.1) is 11.7 Å². The molecular weight excluding hydrogens is 394 g/mol. The summed E-state index contributed by atoms with van der Waals surface area (Å²) >= 11 is 0. The van der Waals surface area contributed by atoms with E-state index >= 15 is 0 Å². The van der Waals surface area contributed by atoms with E-state index in [0.717, 1.165) is 50.9 Å². The topological polar surface area (TPSA) is 46.6 Å². The second-order valence-electron chi connectivity index (χ2n) is 9.98. The predicted molar refractivity (Wildman–Crippen MR) is 124 cm³/mol. The normalized spacial score (nSPS) is 24.4. The van der Waals surface area contributed by atoms with Crippen LogP contribution in [0.15, 0.2) is 24.3 Å². The molecule has 1 heterocycles. The fourth-order valence-corrected chi connectivity index (χ4v) is 6.23. The second kappa shape index (κ2) is 10.9. The van der Waals surface area contributed by atoms with Crippen LogP contribution in [0.3, 0.4) is 0 Å². The Hall–Kier alpha value is -1.20. The van der Waals surface area contributed by atoms with E-state index < -0.39 is 10.8 Å². The van der Waals surface area contributed by atoms with Crippen LogP contribution in [0.1, 0.15) is 83.3 Å². The van der Waals surface area contributed by atoms with E-state index in [-0.39, 0.29) is 22.7 Å². The highest BCUT2D eigenvalue weighted by Crippen LogP contribution is 2.28. The van der Waals surface area contributed by atoms with Gasteiger partial charge >= 0.3 is 5.97 Å². The summed E-state index contributed by atoms with van der Waals surface area (Å²) in [5.41, 5.74) is 2.51. The smallest absolute Gasteiger partial charge is 0.307 e. The quantitative estimate of drug-likeness (QED) is 0.570. The Morgan fingerprint density at radius 2 is 1.70 bits per heavy atom. The molecule has 30 heavy (non-hydrogen) atoms. The minimum absolute atomic E-state index is 0.0417. The van der Waals surface area contributed by atoms with Crippen LogP contribution in [-0.2, 0) is 31.5 Å². The van der Waals surface area contributed by atoms with Gasteiger partial charge in [0.25, 0.3) is 0 Å². The summed E-state index contributed by atoms with van der Waals surface area (Å²) < 4.78 is 19.0. The van der Waals surface area contributed by atoms with E-state index in [9.17, 15) is 9.00 Å². The number of piperidine rings is 1. The molecule has 0 amide bonds. The van der Waals surface area contributed by atoms with Crippen molar-refractivity contribution in [3.05, 3.63) is 35.4 Å². The molecule has 0 spiro atoms. The number of likely N-dealkylation sites (tertiary alicyclic amines) is 1. The van der Waals surface area contributed by atoms with Crippen molar-refractivity contribution < 1.29 is 13.7 Å². The lowest BCUT2D eigenvalue weighted by Crippen LogP contribution is -2.39. The van der Waals surface area contributed by atoms with Crippen LogP contribution < -0.4 is 0 Å². The number of esters is 1. The third-order valence-corrected chi connectivity index (χ3v) is 8.30. The first kappa shape index (κ1) is 23.5. The highest BCUT2D eigenvalue weighted by Gasteiger charge is 2.33. The fourth-order valence-electron chi connectivity index (χ4n) is 4.53. The Morgan fingerprint density at radius 1 is 1.03 bits per heavy atom. The van der Waals surface area contributed by atoms with Crippen molar-refractivity contribution in [1.29, 1.82) is 0 Å². The zero-order chi connectivity index (χ0) is 21.6. The van der Waals surface area contributed by atoms with Gasteiger partial charge in [0.15, 0.2) is 0 Å². The first-order chi connectivity index (χ1) is 14.3. The lowest BCUT2D eigenvalue weighted by atomic mass is 9.87. The summed E-state index contributed by atoms with van der Waals surface area (Å²) in [7, 11) is -1.03. The highest BCUT2D eigenvalue weighted by molar-refractivity contribution is 7.84. The zero-order valence-electron chi connectivity index (χ0n) is 19.0. The number of rotatable bonds is 7. The van der Waals surface area contributed by atoms with Crippen molar-refractivity contribution in [3.63, 3.8) is 0 Å². The van der Waals surface area contributed by atoms with Gasteiger partial charge in [0, 0.05) is 23.1 Å². The van der Waals surface area contributed by atoms with E-state index in [0.29, 0.717) is 12.2 Å². The third kappa shape index (κ3) is 6.91. The van der Waals surface area contributed by atoms with E-state index in [1.165, 1.54) is 24.8 Å². The molecule has 0 bridgehead atoms. The zero-order valence-corrected chi connectivity index (χ0v) is 19.8. The lowest BCUT2D eigenvalue weighted by Gasteiger charge is -2.31. The maximum Gasteiger partial charge on any atom is 0.307 e. The monoisotopic (exact) mass is 433 g/mol. The maximum absolute atomic E-state index is 13.2. The predicted octanol–water partition coefficient (Wildman–Crippen LogP) is 4.96. The molecule has 1 saturated carbocycles. The Labute approximate surface area is 185 Å². The molecule has 2 aliphatic rings. The molecule has 1 aliphatic carbocycles. The molecule has 5 heteroatoms. The fraction of sp³-hybridized carbons (Fsp3) is 0.720. The molecule has 0 unspecified atom stereocenters. The average Bonchev–Trinajstić information content (AvgIpc) is 2.73. The van der Waals surface area contributed by atoms with Crippen LogP contribution >= 0.6 is 0 Å². The largest absolute Gasteiger partial charge is 0.461 e. The second-order valence-corrected chi connectivity index (χ2v) is 11.6. The van der Waals surface area contributed by atoms with Gasteiger partial charge in [0.2, 0.25) is 0 Å². The molecule has 3 atom stereocenters. The van der Waals surface area contributed by atoms with Crippen molar-refractivity contribution in [2.45, 2.75) is 94.7 Å². The van der Waals surface area contributed by atoms with Crippen LogP contribution in [0.4, 0.5) is 0 Å². The van der Waals surface area contributed by atoms with Crippen LogP contribution in [-0.4, -0.2) is 46.1 Å². The van der Waals surface area contributed by atoms with Crippen molar-refractivity contribution in [2.75, 3.05) is 19.6 Å². The minimum atomic E-state index is -1.03. The molecule has 1 aliphatic heterocycles. The molecule has 1 saturated heterocycles. The van der Waals surface area contributed by atoms with Crippen molar-refractivity contribution in [1.82, 2.24) is 4.90 Å². The molecule has 0 N–H and O–H groups in total. The summed E-state index contributed by atoms with van der Waals surface area (Å²) in [6.45, 7) is 9.58. The number of ether oxygens (including phenoxy) is 1. The van der Waals surface area contributed by atoms with Gasteiger partial charge in [-0.1, -0.05) is 57.9 Å². The molecule has 2 fully saturated rings. The molecular formula is C25H39NO3S. The van der Waals surface area contributed by atoms with Crippen LogP contribution in [0.2, 0.25) is 0 Å². The number of benzene rings is 1.